The second-order valence-corrected chi connectivity index (χ2v) is 2.09. The highest BCUT2D eigenvalue weighted by molar-refractivity contribution is 5.65. The summed E-state index contributed by atoms with van der Waals surface area (Å²) in [6.07, 6.45) is 2.78. The normalized spacial score (nSPS) is 12.5. The lowest BCUT2D eigenvalue weighted by Crippen LogP contribution is -2.12. The summed E-state index contributed by atoms with van der Waals surface area (Å²) < 4.78 is 6.28. The molecule has 0 N–H and O–H groups in total. The third-order valence-corrected chi connectivity index (χ3v) is 1.15. The van der Waals surface area contributed by atoms with Gasteiger partial charge in [0.15, 0.2) is 6.23 Å². The first-order valence-corrected chi connectivity index (χ1v) is 3.23. The van der Waals surface area contributed by atoms with Crippen LogP contribution < -0.4 is 0 Å². The van der Waals surface area contributed by atoms with Crippen molar-refractivity contribution in [3.8, 4) is 0 Å². The zero-order chi connectivity index (χ0) is 8.27. The Hall–Kier alpha value is -1.39. The van der Waals surface area contributed by atoms with E-state index in [1.54, 1.807) is 13.1 Å². The molecular formula is C6H9N3O2. The molecule has 0 aliphatic rings. The highest BCUT2D eigenvalue weighted by Crippen LogP contribution is 2.03. The van der Waals surface area contributed by atoms with Crippen molar-refractivity contribution in [3.05, 3.63) is 12.4 Å². The molecule has 1 heterocycles. The van der Waals surface area contributed by atoms with Crippen molar-refractivity contribution >= 4 is 5.97 Å². The molecule has 0 amide bonds. The van der Waals surface area contributed by atoms with Crippen LogP contribution in [0, 0.1) is 0 Å². The lowest BCUT2D eigenvalue weighted by molar-refractivity contribution is -0.150. The Kier molecular flexibility index (Phi) is 2.20. The van der Waals surface area contributed by atoms with E-state index in [9.17, 15) is 4.79 Å². The molecule has 0 aromatic carbocycles. The van der Waals surface area contributed by atoms with E-state index in [1.807, 2.05) is 0 Å². The summed E-state index contributed by atoms with van der Waals surface area (Å²) in [7, 11) is 0. The molecule has 0 saturated heterocycles. The maximum Gasteiger partial charge on any atom is 0.304 e. The lowest BCUT2D eigenvalue weighted by Gasteiger charge is -2.09. The number of hydrogen-bond donors (Lipinski definition) is 0. The van der Waals surface area contributed by atoms with Gasteiger partial charge in [-0.3, -0.25) is 4.79 Å². The summed E-state index contributed by atoms with van der Waals surface area (Å²) in [5, 5.41) is 7.23. The first-order chi connectivity index (χ1) is 5.20. The average Bonchev–Trinajstić information content (AvgIpc) is 2.35. The minimum absolute atomic E-state index is 0.326. The summed E-state index contributed by atoms with van der Waals surface area (Å²) in [5.74, 6) is -0.326. The van der Waals surface area contributed by atoms with E-state index in [0.29, 0.717) is 0 Å². The number of aromatic nitrogens is 3. The predicted molar refractivity (Wildman–Crippen MR) is 36.5 cm³/mol. The van der Waals surface area contributed by atoms with Gasteiger partial charge in [-0.2, -0.15) is 0 Å². The number of rotatable bonds is 2. The van der Waals surface area contributed by atoms with Crippen molar-refractivity contribution in [2.24, 2.45) is 0 Å². The molecule has 0 fully saturated rings. The van der Waals surface area contributed by atoms with Crippen LogP contribution in [0.15, 0.2) is 12.4 Å². The molecule has 1 aromatic rings. The maximum atomic E-state index is 10.5. The number of nitrogens with zero attached hydrogens (tertiary/aromatic N) is 3. The third kappa shape index (κ3) is 2.03. The third-order valence-electron chi connectivity index (χ3n) is 1.15. The Balaban J connectivity index is 2.56. The van der Waals surface area contributed by atoms with Gasteiger partial charge in [-0.1, -0.05) is 5.21 Å². The summed E-state index contributed by atoms with van der Waals surface area (Å²) in [6, 6.07) is 0. The fourth-order valence-electron chi connectivity index (χ4n) is 0.705. The van der Waals surface area contributed by atoms with Gasteiger partial charge in [0.2, 0.25) is 0 Å². The van der Waals surface area contributed by atoms with E-state index in [2.05, 4.69) is 10.3 Å². The second kappa shape index (κ2) is 3.14. The number of hydrogen-bond acceptors (Lipinski definition) is 4. The van der Waals surface area contributed by atoms with Crippen LogP contribution in [-0.2, 0) is 9.53 Å². The van der Waals surface area contributed by atoms with E-state index in [-0.39, 0.29) is 12.2 Å². The van der Waals surface area contributed by atoms with Crippen LogP contribution in [0.3, 0.4) is 0 Å². The fraction of sp³-hybridized carbons (Fsp3) is 0.500. The van der Waals surface area contributed by atoms with Gasteiger partial charge in [-0.25, -0.2) is 4.68 Å². The Morgan fingerprint density at radius 2 is 2.45 bits per heavy atom. The Bertz CT molecular complexity index is 232. The van der Waals surface area contributed by atoms with Crippen molar-refractivity contribution in [2.75, 3.05) is 0 Å². The molecule has 0 saturated carbocycles. The van der Waals surface area contributed by atoms with E-state index in [1.165, 1.54) is 17.8 Å². The molecule has 0 aliphatic carbocycles. The van der Waals surface area contributed by atoms with Crippen LogP contribution in [0.1, 0.15) is 20.1 Å². The van der Waals surface area contributed by atoms with Crippen LogP contribution >= 0.6 is 0 Å². The van der Waals surface area contributed by atoms with Gasteiger partial charge in [-0.15, -0.1) is 5.10 Å². The monoisotopic (exact) mass is 155 g/mol. The largest absolute Gasteiger partial charge is 0.440 e. The molecule has 11 heavy (non-hydrogen) atoms. The molecular weight excluding hydrogens is 146 g/mol. The minimum Gasteiger partial charge on any atom is -0.440 e. The summed E-state index contributed by atoms with van der Waals surface area (Å²) in [5.41, 5.74) is 0. The van der Waals surface area contributed by atoms with Gasteiger partial charge in [0.25, 0.3) is 0 Å². The highest BCUT2D eigenvalue weighted by Gasteiger charge is 2.06. The lowest BCUT2D eigenvalue weighted by atomic mass is 10.6. The van der Waals surface area contributed by atoms with Crippen LogP contribution in [0.4, 0.5) is 0 Å². The van der Waals surface area contributed by atoms with E-state index in [4.69, 9.17) is 4.74 Å². The van der Waals surface area contributed by atoms with Crippen molar-refractivity contribution in [2.45, 2.75) is 20.1 Å². The van der Waals surface area contributed by atoms with Gasteiger partial charge in [-0.05, 0) is 6.92 Å². The smallest absolute Gasteiger partial charge is 0.304 e. The Labute approximate surface area is 64.0 Å². The standard InChI is InChI=1S/C6H9N3O2/c1-5(11-6(2)10)9-4-3-7-8-9/h3-5H,1-2H3. The SMILES string of the molecule is CC(=O)OC(C)n1ccnn1. The van der Waals surface area contributed by atoms with Gasteiger partial charge >= 0.3 is 5.97 Å². The number of ether oxygens (including phenoxy) is 1. The van der Waals surface area contributed by atoms with Crippen LogP contribution in [0.25, 0.3) is 0 Å². The van der Waals surface area contributed by atoms with Crippen molar-refractivity contribution in [3.63, 3.8) is 0 Å². The van der Waals surface area contributed by atoms with E-state index >= 15 is 0 Å². The number of esters is 1. The van der Waals surface area contributed by atoms with Crippen LogP contribution in [-0.4, -0.2) is 21.0 Å². The zero-order valence-electron chi connectivity index (χ0n) is 6.39. The van der Waals surface area contributed by atoms with Crippen molar-refractivity contribution in [1.82, 2.24) is 15.0 Å². The average molecular weight is 155 g/mol. The quantitative estimate of drug-likeness (QED) is 0.578. The molecule has 1 atom stereocenters. The summed E-state index contributed by atoms with van der Waals surface area (Å²) in [6.45, 7) is 3.07. The molecule has 0 bridgehead atoms. The molecule has 5 nitrogen and oxygen atoms in total. The first kappa shape index (κ1) is 7.71. The Morgan fingerprint density at radius 3 is 2.91 bits per heavy atom. The molecule has 60 valence electrons. The molecule has 1 rings (SSSR count). The molecule has 1 aromatic heterocycles. The molecule has 5 heteroatoms. The maximum absolute atomic E-state index is 10.5. The zero-order valence-corrected chi connectivity index (χ0v) is 6.39. The summed E-state index contributed by atoms with van der Waals surface area (Å²) in [4.78, 5) is 10.5. The Morgan fingerprint density at radius 1 is 1.73 bits per heavy atom. The number of carbonyl (C=O) groups is 1. The van der Waals surface area contributed by atoms with E-state index in [0.717, 1.165) is 0 Å². The predicted octanol–water partition coefficient (Wildman–Crippen LogP) is 0.360. The fourth-order valence-corrected chi connectivity index (χ4v) is 0.705. The second-order valence-electron chi connectivity index (χ2n) is 2.09. The van der Waals surface area contributed by atoms with Gasteiger partial charge in [0.1, 0.15) is 0 Å². The number of carbonyl (C=O) groups excluding carboxylic acids is 1. The van der Waals surface area contributed by atoms with Gasteiger partial charge in [0, 0.05) is 13.1 Å². The van der Waals surface area contributed by atoms with Gasteiger partial charge in [0.05, 0.1) is 6.20 Å². The highest BCUT2D eigenvalue weighted by atomic mass is 16.6. The minimum atomic E-state index is -0.380. The van der Waals surface area contributed by atoms with Crippen molar-refractivity contribution in [1.29, 1.82) is 0 Å². The van der Waals surface area contributed by atoms with Crippen LogP contribution in [0.2, 0.25) is 0 Å². The van der Waals surface area contributed by atoms with Crippen molar-refractivity contribution < 1.29 is 9.53 Å². The van der Waals surface area contributed by atoms with Crippen LogP contribution in [0.5, 0.6) is 0 Å². The topological polar surface area (TPSA) is 57.0 Å². The molecule has 0 aliphatic heterocycles. The van der Waals surface area contributed by atoms with E-state index < -0.39 is 0 Å². The molecule has 1 unspecified atom stereocenters. The molecule has 0 spiro atoms. The van der Waals surface area contributed by atoms with Gasteiger partial charge < -0.3 is 4.74 Å². The first-order valence-electron chi connectivity index (χ1n) is 3.23. The summed E-state index contributed by atoms with van der Waals surface area (Å²) >= 11 is 0. The molecule has 0 radical (unpaired) electrons.